The number of pyridine rings is 1. The van der Waals surface area contributed by atoms with Crippen LogP contribution in [0.3, 0.4) is 0 Å². The highest BCUT2D eigenvalue weighted by atomic mass is 19.1. The Labute approximate surface area is 262 Å². The van der Waals surface area contributed by atoms with Crippen molar-refractivity contribution in [2.45, 2.75) is 63.6 Å². The van der Waals surface area contributed by atoms with Crippen molar-refractivity contribution in [3.8, 4) is 11.4 Å². The number of halogens is 1. The quantitative estimate of drug-likeness (QED) is 0.201. The molecular formula is C35H39FN8O. The lowest BCUT2D eigenvalue weighted by Crippen LogP contribution is -2.21. The fourth-order valence-electron chi connectivity index (χ4n) is 6.58. The predicted octanol–water partition coefficient (Wildman–Crippen LogP) is 6.53. The van der Waals surface area contributed by atoms with Crippen LogP contribution in [0.4, 0.5) is 4.39 Å². The molecule has 1 saturated carbocycles. The highest BCUT2D eigenvalue weighted by Gasteiger charge is 2.36. The van der Waals surface area contributed by atoms with Crippen molar-refractivity contribution < 1.29 is 9.18 Å². The third kappa shape index (κ3) is 5.26. The van der Waals surface area contributed by atoms with Crippen LogP contribution in [0.15, 0.2) is 48.8 Å². The van der Waals surface area contributed by atoms with Crippen molar-refractivity contribution in [1.29, 1.82) is 0 Å². The van der Waals surface area contributed by atoms with Gasteiger partial charge in [0.1, 0.15) is 12.0 Å². The zero-order valence-corrected chi connectivity index (χ0v) is 26.7. The molecule has 232 valence electrons. The Hall–Kier alpha value is -4.60. The number of rotatable bonds is 8. The molecule has 2 atom stereocenters. The Bertz CT molecular complexity index is 1940. The van der Waals surface area contributed by atoms with Crippen molar-refractivity contribution in [3.05, 3.63) is 88.3 Å². The lowest BCUT2D eigenvalue weighted by Gasteiger charge is -2.18. The van der Waals surface area contributed by atoms with Gasteiger partial charge in [0.05, 0.1) is 23.6 Å². The standard InChI is InChI=1S/C35H39FN8O/c1-20(2)30-26(16-24-17-42(5)40-33(24)37-30)34-38-31(32(43(34)6)22-12-13-22)25-8-7-9-29-27(25)18-44(39-29)19-28(36)21-10-14-23(15-11-21)35(45)41(3)4/h7,9-11,14-18,20,22,25,28H,8,12-13,19H2,1-6H3. The topological polar surface area (TPSA) is 86.7 Å². The molecule has 9 nitrogen and oxygen atoms in total. The lowest BCUT2D eigenvalue weighted by atomic mass is 9.87. The van der Waals surface area contributed by atoms with Crippen LogP contribution in [0, 0.1) is 0 Å². The summed E-state index contributed by atoms with van der Waals surface area (Å²) in [6, 6.07) is 8.92. The van der Waals surface area contributed by atoms with Gasteiger partial charge in [-0.15, -0.1) is 0 Å². The van der Waals surface area contributed by atoms with E-state index in [0.717, 1.165) is 64.3 Å². The summed E-state index contributed by atoms with van der Waals surface area (Å²) in [6.45, 7) is 4.41. The summed E-state index contributed by atoms with van der Waals surface area (Å²) >= 11 is 0. The van der Waals surface area contributed by atoms with Crippen LogP contribution < -0.4 is 0 Å². The summed E-state index contributed by atoms with van der Waals surface area (Å²) in [7, 11) is 7.46. The number of carbonyl (C=O) groups is 1. The first kappa shape index (κ1) is 29.1. The highest BCUT2D eigenvalue weighted by Crippen LogP contribution is 2.48. The molecule has 2 aliphatic carbocycles. The van der Waals surface area contributed by atoms with Crippen LogP contribution in [-0.4, -0.2) is 59.0 Å². The van der Waals surface area contributed by atoms with E-state index >= 15 is 4.39 Å². The molecule has 4 aromatic heterocycles. The Balaban J connectivity index is 1.23. The molecule has 2 aliphatic rings. The number of amides is 1. The molecule has 1 amide bonds. The van der Waals surface area contributed by atoms with E-state index in [1.807, 2.05) is 30.2 Å². The van der Waals surface area contributed by atoms with E-state index in [4.69, 9.17) is 15.1 Å². The zero-order chi connectivity index (χ0) is 31.6. The van der Waals surface area contributed by atoms with Gasteiger partial charge in [0.15, 0.2) is 5.65 Å². The first-order chi connectivity index (χ1) is 21.6. The lowest BCUT2D eigenvalue weighted by molar-refractivity contribution is 0.0827. The average molecular weight is 607 g/mol. The molecule has 0 radical (unpaired) electrons. The molecule has 7 rings (SSSR count). The van der Waals surface area contributed by atoms with Gasteiger partial charge < -0.3 is 9.47 Å². The van der Waals surface area contributed by atoms with Gasteiger partial charge in [-0.1, -0.05) is 32.1 Å². The van der Waals surface area contributed by atoms with Gasteiger partial charge >= 0.3 is 0 Å². The van der Waals surface area contributed by atoms with Crippen molar-refractivity contribution in [2.24, 2.45) is 14.1 Å². The maximum Gasteiger partial charge on any atom is 0.253 e. The number of benzene rings is 1. The first-order valence-corrected chi connectivity index (χ1v) is 15.7. The SMILES string of the molecule is CC(C)c1nc2nn(C)cc2cc1-c1nc(C2CC=Cc3nn(CC(F)c4ccc(C(=O)N(C)C)cc4)cc32)c(C2CC2)n1C. The number of allylic oxidation sites excluding steroid dienone is 1. The summed E-state index contributed by atoms with van der Waals surface area (Å²) in [5.74, 6) is 1.54. The molecule has 0 saturated heterocycles. The van der Waals surface area contributed by atoms with Gasteiger partial charge in [-0.25, -0.2) is 14.4 Å². The second kappa shape index (κ2) is 11.1. The fraction of sp³-hybridized carbons (Fsp3) is 0.400. The molecule has 5 aromatic rings. The average Bonchev–Trinajstić information content (AvgIpc) is 3.51. The number of hydrogen-bond acceptors (Lipinski definition) is 5. The highest BCUT2D eigenvalue weighted by molar-refractivity contribution is 5.93. The Morgan fingerprint density at radius 1 is 1.07 bits per heavy atom. The van der Waals surface area contributed by atoms with E-state index in [0.29, 0.717) is 17.0 Å². The van der Waals surface area contributed by atoms with Gasteiger partial charge in [-0.3, -0.25) is 14.2 Å². The Morgan fingerprint density at radius 3 is 2.51 bits per heavy atom. The molecule has 1 fully saturated rings. The molecule has 0 aliphatic heterocycles. The first-order valence-electron chi connectivity index (χ1n) is 15.7. The summed E-state index contributed by atoms with van der Waals surface area (Å²) in [4.78, 5) is 24.1. The number of imidazole rings is 1. The number of aryl methyl sites for hydroxylation is 1. The van der Waals surface area contributed by atoms with E-state index in [1.54, 1.807) is 43.0 Å². The van der Waals surface area contributed by atoms with E-state index in [-0.39, 0.29) is 24.3 Å². The van der Waals surface area contributed by atoms with Crippen molar-refractivity contribution in [2.75, 3.05) is 14.1 Å². The number of fused-ring (bicyclic) bond motifs is 2. The van der Waals surface area contributed by atoms with Gasteiger partial charge in [0, 0.05) is 80.2 Å². The van der Waals surface area contributed by atoms with E-state index in [2.05, 4.69) is 42.7 Å². The number of carbonyl (C=O) groups excluding carboxylic acids is 1. The monoisotopic (exact) mass is 606 g/mol. The summed E-state index contributed by atoms with van der Waals surface area (Å²) in [6.07, 6.45) is 10.1. The van der Waals surface area contributed by atoms with E-state index in [9.17, 15) is 4.79 Å². The molecule has 1 aromatic carbocycles. The summed E-state index contributed by atoms with van der Waals surface area (Å²) in [5.41, 5.74) is 8.15. The van der Waals surface area contributed by atoms with E-state index in [1.165, 1.54) is 10.6 Å². The third-order valence-corrected chi connectivity index (χ3v) is 9.00. The van der Waals surface area contributed by atoms with Gasteiger partial charge in [0.25, 0.3) is 5.91 Å². The van der Waals surface area contributed by atoms with Crippen LogP contribution in [0.25, 0.3) is 28.5 Å². The minimum atomic E-state index is -1.26. The van der Waals surface area contributed by atoms with Crippen LogP contribution in [0.2, 0.25) is 0 Å². The second-order valence-electron chi connectivity index (χ2n) is 13.0. The summed E-state index contributed by atoms with van der Waals surface area (Å²) < 4.78 is 21.3. The van der Waals surface area contributed by atoms with Gasteiger partial charge in [0.2, 0.25) is 0 Å². The maximum absolute atomic E-state index is 15.5. The predicted molar refractivity (Wildman–Crippen MR) is 173 cm³/mol. The van der Waals surface area contributed by atoms with Crippen molar-refractivity contribution in [3.63, 3.8) is 0 Å². The number of nitrogens with zero attached hydrogens (tertiary/aromatic N) is 8. The Kier molecular flexibility index (Phi) is 7.17. The Morgan fingerprint density at radius 2 is 1.82 bits per heavy atom. The van der Waals surface area contributed by atoms with Crippen LogP contribution in [0.5, 0.6) is 0 Å². The molecule has 10 heteroatoms. The van der Waals surface area contributed by atoms with E-state index < -0.39 is 6.17 Å². The minimum absolute atomic E-state index is 0.0290. The van der Waals surface area contributed by atoms with Crippen LogP contribution in [-0.2, 0) is 20.6 Å². The molecule has 45 heavy (non-hydrogen) atoms. The van der Waals surface area contributed by atoms with Crippen molar-refractivity contribution in [1.82, 2.24) is 39.0 Å². The van der Waals surface area contributed by atoms with Gasteiger partial charge in [-0.05, 0) is 55.0 Å². The maximum atomic E-state index is 15.5. The van der Waals surface area contributed by atoms with Crippen LogP contribution >= 0.6 is 0 Å². The second-order valence-corrected chi connectivity index (χ2v) is 13.0. The smallest absolute Gasteiger partial charge is 0.253 e. The van der Waals surface area contributed by atoms with Gasteiger partial charge in [-0.2, -0.15) is 10.2 Å². The minimum Gasteiger partial charge on any atom is -0.345 e. The number of aromatic nitrogens is 7. The number of alkyl halides is 1. The fourth-order valence-corrected chi connectivity index (χ4v) is 6.58. The van der Waals surface area contributed by atoms with Crippen LogP contribution in [0.1, 0.15) is 101 Å². The summed E-state index contributed by atoms with van der Waals surface area (Å²) in [5, 5.41) is 10.3. The molecular weight excluding hydrogens is 567 g/mol. The number of hydrogen-bond donors (Lipinski definition) is 0. The zero-order valence-electron chi connectivity index (χ0n) is 26.7. The third-order valence-electron chi connectivity index (χ3n) is 9.00. The largest absolute Gasteiger partial charge is 0.345 e. The molecule has 0 spiro atoms. The molecule has 0 N–H and O–H groups in total. The normalized spacial score (nSPS) is 16.8. The molecule has 4 heterocycles. The molecule has 2 unspecified atom stereocenters. The molecule has 0 bridgehead atoms. The van der Waals surface area contributed by atoms with Crippen molar-refractivity contribution >= 4 is 23.0 Å².